The Kier molecular flexibility index (Phi) is 5.08. The van der Waals surface area contributed by atoms with Crippen LogP contribution in [0, 0.1) is 20.8 Å². The number of amides is 1. The van der Waals surface area contributed by atoms with Crippen LogP contribution in [0.3, 0.4) is 0 Å². The molecule has 0 unspecified atom stereocenters. The Morgan fingerprint density at radius 1 is 1.08 bits per heavy atom. The van der Waals surface area contributed by atoms with E-state index in [1.165, 1.54) is 5.56 Å². The average molecular weight is 351 g/mol. The van der Waals surface area contributed by atoms with Crippen molar-refractivity contribution >= 4 is 5.91 Å². The van der Waals surface area contributed by atoms with Gasteiger partial charge in [0.05, 0.1) is 6.04 Å². The lowest BCUT2D eigenvalue weighted by Crippen LogP contribution is -2.44. The summed E-state index contributed by atoms with van der Waals surface area (Å²) in [6.45, 7) is 10.4. The first-order valence-electron chi connectivity index (χ1n) is 9.55. The molecule has 0 spiro atoms. The standard InChI is InChI=1S/C23H29NO2/c1-6-23(7-2)14-20(18-10-8-9-11-21(18)26-23)24-22(25)19-13-16(4)15(3)12-17(19)5/h8-13,20H,6-7,14H2,1-5H3,(H,24,25)/t20-/m0/s1. The van der Waals surface area contributed by atoms with E-state index in [9.17, 15) is 4.79 Å². The maximum Gasteiger partial charge on any atom is 0.252 e. The van der Waals surface area contributed by atoms with E-state index in [0.29, 0.717) is 0 Å². The fraction of sp³-hybridized carbons (Fsp3) is 0.435. The number of ether oxygens (including phenoxy) is 1. The predicted octanol–water partition coefficient (Wildman–Crippen LogP) is 5.42. The fourth-order valence-corrected chi connectivity index (χ4v) is 3.87. The van der Waals surface area contributed by atoms with Crippen LogP contribution in [0.5, 0.6) is 5.75 Å². The Morgan fingerprint density at radius 3 is 2.42 bits per heavy atom. The van der Waals surface area contributed by atoms with E-state index in [0.717, 1.165) is 47.3 Å². The van der Waals surface area contributed by atoms with Gasteiger partial charge in [-0.1, -0.05) is 38.1 Å². The minimum atomic E-state index is -0.218. The molecular weight excluding hydrogens is 322 g/mol. The molecular formula is C23H29NO2. The summed E-state index contributed by atoms with van der Waals surface area (Å²) in [5.41, 5.74) is 4.99. The van der Waals surface area contributed by atoms with E-state index in [-0.39, 0.29) is 17.6 Å². The van der Waals surface area contributed by atoms with E-state index in [1.807, 2.05) is 31.2 Å². The largest absolute Gasteiger partial charge is 0.487 e. The molecule has 1 aliphatic rings. The number of carbonyl (C=O) groups excluding carboxylic acids is 1. The zero-order valence-corrected chi connectivity index (χ0v) is 16.5. The summed E-state index contributed by atoms with van der Waals surface area (Å²) in [4.78, 5) is 13.0. The maximum atomic E-state index is 13.0. The van der Waals surface area contributed by atoms with Crippen molar-refractivity contribution in [3.63, 3.8) is 0 Å². The Balaban J connectivity index is 1.93. The Hall–Kier alpha value is -2.29. The number of benzene rings is 2. The minimum absolute atomic E-state index is 0.00610. The molecule has 0 aliphatic carbocycles. The third kappa shape index (κ3) is 3.35. The third-order valence-electron chi connectivity index (χ3n) is 5.88. The van der Waals surface area contributed by atoms with Gasteiger partial charge in [-0.3, -0.25) is 4.79 Å². The van der Waals surface area contributed by atoms with Crippen LogP contribution in [-0.2, 0) is 0 Å². The van der Waals surface area contributed by atoms with Crippen molar-refractivity contribution < 1.29 is 9.53 Å². The van der Waals surface area contributed by atoms with Crippen LogP contribution in [0.25, 0.3) is 0 Å². The van der Waals surface area contributed by atoms with Crippen molar-refractivity contribution in [2.24, 2.45) is 0 Å². The normalized spacial score (nSPS) is 18.0. The zero-order chi connectivity index (χ0) is 18.9. The molecule has 1 N–H and O–H groups in total. The van der Waals surface area contributed by atoms with Crippen molar-refractivity contribution in [3.8, 4) is 5.75 Å². The highest BCUT2D eigenvalue weighted by Crippen LogP contribution is 2.42. The van der Waals surface area contributed by atoms with E-state index in [4.69, 9.17) is 4.74 Å². The summed E-state index contributed by atoms with van der Waals surface area (Å²) in [6.07, 6.45) is 2.65. The quantitative estimate of drug-likeness (QED) is 0.798. The van der Waals surface area contributed by atoms with Gasteiger partial charge in [-0.2, -0.15) is 0 Å². The molecule has 2 aromatic rings. The van der Waals surface area contributed by atoms with E-state index >= 15 is 0 Å². The zero-order valence-electron chi connectivity index (χ0n) is 16.5. The van der Waals surface area contributed by atoms with Gasteiger partial charge in [0.2, 0.25) is 0 Å². The minimum Gasteiger partial charge on any atom is -0.487 e. The molecule has 3 nitrogen and oxygen atoms in total. The highest BCUT2D eigenvalue weighted by molar-refractivity contribution is 5.96. The van der Waals surface area contributed by atoms with Gasteiger partial charge in [0.1, 0.15) is 11.4 Å². The molecule has 3 heteroatoms. The first kappa shape index (κ1) is 18.5. The molecule has 1 atom stereocenters. The molecule has 0 saturated carbocycles. The molecule has 0 aromatic heterocycles. The Bertz CT molecular complexity index is 821. The highest BCUT2D eigenvalue weighted by atomic mass is 16.5. The molecule has 1 amide bonds. The third-order valence-corrected chi connectivity index (χ3v) is 5.88. The van der Waals surface area contributed by atoms with Crippen molar-refractivity contribution in [2.75, 3.05) is 0 Å². The van der Waals surface area contributed by atoms with E-state index in [2.05, 4.69) is 45.1 Å². The summed E-state index contributed by atoms with van der Waals surface area (Å²) in [6, 6.07) is 12.1. The van der Waals surface area contributed by atoms with Crippen molar-refractivity contribution in [2.45, 2.75) is 65.5 Å². The lowest BCUT2D eigenvalue weighted by Gasteiger charge is -2.41. The van der Waals surface area contributed by atoms with Crippen molar-refractivity contribution in [3.05, 3.63) is 64.2 Å². The van der Waals surface area contributed by atoms with Crippen molar-refractivity contribution in [1.82, 2.24) is 5.32 Å². The van der Waals surface area contributed by atoms with Gasteiger partial charge in [0.25, 0.3) is 5.91 Å². The average Bonchev–Trinajstić information content (AvgIpc) is 2.64. The van der Waals surface area contributed by atoms with Gasteiger partial charge in [-0.25, -0.2) is 0 Å². The van der Waals surface area contributed by atoms with Crippen LogP contribution in [0.2, 0.25) is 0 Å². The molecule has 0 saturated heterocycles. The van der Waals surface area contributed by atoms with Crippen LogP contribution in [-0.4, -0.2) is 11.5 Å². The molecule has 2 aromatic carbocycles. The fourth-order valence-electron chi connectivity index (χ4n) is 3.87. The second-order valence-electron chi connectivity index (χ2n) is 7.51. The lowest BCUT2D eigenvalue weighted by atomic mass is 9.83. The molecule has 1 aliphatic heterocycles. The first-order chi connectivity index (χ1) is 12.4. The summed E-state index contributed by atoms with van der Waals surface area (Å²) >= 11 is 0. The molecule has 3 rings (SSSR count). The number of para-hydroxylation sites is 1. The smallest absolute Gasteiger partial charge is 0.252 e. The van der Waals surface area contributed by atoms with Gasteiger partial charge >= 0.3 is 0 Å². The van der Waals surface area contributed by atoms with Crippen LogP contribution in [0.4, 0.5) is 0 Å². The second kappa shape index (κ2) is 7.14. The van der Waals surface area contributed by atoms with Gasteiger partial charge in [-0.05, 0) is 62.4 Å². The Morgan fingerprint density at radius 2 is 1.73 bits per heavy atom. The number of rotatable bonds is 4. The molecule has 0 fully saturated rings. The highest BCUT2D eigenvalue weighted by Gasteiger charge is 2.39. The molecule has 26 heavy (non-hydrogen) atoms. The SMILES string of the molecule is CCC1(CC)C[C@H](NC(=O)c2cc(C)c(C)cc2C)c2ccccc2O1. The molecule has 0 radical (unpaired) electrons. The number of fused-ring (bicyclic) bond motifs is 1. The van der Waals surface area contributed by atoms with Crippen LogP contribution < -0.4 is 10.1 Å². The number of hydrogen-bond acceptors (Lipinski definition) is 2. The monoisotopic (exact) mass is 351 g/mol. The Labute approximate surface area is 156 Å². The number of hydrogen-bond donors (Lipinski definition) is 1. The first-order valence-corrected chi connectivity index (χ1v) is 9.55. The summed E-state index contributed by atoms with van der Waals surface area (Å²) in [7, 11) is 0. The van der Waals surface area contributed by atoms with E-state index < -0.39 is 0 Å². The second-order valence-corrected chi connectivity index (χ2v) is 7.51. The van der Waals surface area contributed by atoms with Gasteiger partial charge < -0.3 is 10.1 Å². The predicted molar refractivity (Wildman–Crippen MR) is 106 cm³/mol. The van der Waals surface area contributed by atoms with Gasteiger partial charge in [0, 0.05) is 17.5 Å². The topological polar surface area (TPSA) is 38.3 Å². The summed E-state index contributed by atoms with van der Waals surface area (Å²) in [5.74, 6) is 0.887. The van der Waals surface area contributed by atoms with Crippen LogP contribution >= 0.6 is 0 Å². The molecule has 1 heterocycles. The number of nitrogens with one attached hydrogen (secondary N) is 1. The van der Waals surface area contributed by atoms with Crippen LogP contribution in [0.15, 0.2) is 36.4 Å². The molecule has 138 valence electrons. The molecule has 0 bridgehead atoms. The van der Waals surface area contributed by atoms with Crippen molar-refractivity contribution in [1.29, 1.82) is 0 Å². The number of aryl methyl sites for hydroxylation is 3. The lowest BCUT2D eigenvalue weighted by molar-refractivity contribution is 0.0227. The van der Waals surface area contributed by atoms with Gasteiger partial charge in [0.15, 0.2) is 0 Å². The van der Waals surface area contributed by atoms with E-state index in [1.54, 1.807) is 0 Å². The number of carbonyl (C=O) groups is 1. The van der Waals surface area contributed by atoms with Gasteiger partial charge in [-0.15, -0.1) is 0 Å². The van der Waals surface area contributed by atoms with Crippen LogP contribution in [0.1, 0.15) is 71.8 Å². The summed E-state index contributed by atoms with van der Waals surface area (Å²) < 4.78 is 6.34. The maximum absolute atomic E-state index is 13.0. The summed E-state index contributed by atoms with van der Waals surface area (Å²) in [5, 5.41) is 3.28.